The van der Waals surface area contributed by atoms with Gasteiger partial charge >= 0.3 is 0 Å². The first-order valence-corrected chi connectivity index (χ1v) is 10.4. The van der Waals surface area contributed by atoms with Gasteiger partial charge in [0, 0.05) is 0 Å². The standard InChI is InChI=1S/C22H36OS/c1-3-4-5-6-7-8-9-10-11-12-13-14-15-16-17-18-19-20-21-24-22(2)23/h4-5,7-8,10-11,13-14,16-17,22-23H,3,6,9,12,15,18-21H2,1-2H3/b5-4-,8-7-,11-10-,14-13-,17-16-. The zero-order valence-electron chi connectivity index (χ0n) is 15.6. The van der Waals surface area contributed by atoms with Gasteiger partial charge in [-0.3, -0.25) is 0 Å². The third kappa shape index (κ3) is 21.0. The lowest BCUT2D eigenvalue weighted by Gasteiger charge is -2.01. The molecule has 0 fully saturated rings. The zero-order chi connectivity index (χ0) is 17.7. The van der Waals surface area contributed by atoms with Crippen LogP contribution < -0.4 is 0 Å². The van der Waals surface area contributed by atoms with Crippen molar-refractivity contribution in [3.63, 3.8) is 0 Å². The van der Waals surface area contributed by atoms with E-state index >= 15 is 0 Å². The molecule has 0 amide bonds. The smallest absolute Gasteiger partial charge is 0.0964 e. The highest BCUT2D eigenvalue weighted by atomic mass is 32.2. The monoisotopic (exact) mass is 348 g/mol. The third-order valence-corrected chi connectivity index (χ3v) is 4.29. The molecule has 0 aliphatic heterocycles. The van der Waals surface area contributed by atoms with Crippen molar-refractivity contribution in [2.45, 2.75) is 70.7 Å². The SMILES string of the molecule is CC/C=C\C/C=C\C/C=C\C/C=C\C/C=C\CCCCSC(C)O. The van der Waals surface area contributed by atoms with Crippen molar-refractivity contribution in [3.8, 4) is 0 Å². The van der Waals surface area contributed by atoms with Crippen LogP contribution in [0.2, 0.25) is 0 Å². The van der Waals surface area contributed by atoms with E-state index in [1.807, 2.05) is 6.92 Å². The van der Waals surface area contributed by atoms with E-state index < -0.39 is 0 Å². The van der Waals surface area contributed by atoms with Gasteiger partial charge in [-0.05, 0) is 64.0 Å². The lowest BCUT2D eigenvalue weighted by atomic mass is 10.2. The van der Waals surface area contributed by atoms with Crippen LogP contribution >= 0.6 is 11.8 Å². The van der Waals surface area contributed by atoms with Gasteiger partial charge in [-0.25, -0.2) is 0 Å². The summed E-state index contributed by atoms with van der Waals surface area (Å²) in [7, 11) is 0. The molecule has 0 aromatic carbocycles. The zero-order valence-corrected chi connectivity index (χ0v) is 16.4. The molecule has 0 saturated heterocycles. The number of rotatable bonds is 15. The Bertz CT molecular complexity index is 389. The highest BCUT2D eigenvalue weighted by Gasteiger charge is 1.93. The van der Waals surface area contributed by atoms with E-state index in [-0.39, 0.29) is 5.44 Å². The van der Waals surface area contributed by atoms with Crippen molar-refractivity contribution < 1.29 is 5.11 Å². The molecule has 0 aliphatic carbocycles. The van der Waals surface area contributed by atoms with Crippen molar-refractivity contribution in [1.82, 2.24) is 0 Å². The second-order valence-electron chi connectivity index (χ2n) is 5.67. The molecule has 24 heavy (non-hydrogen) atoms. The van der Waals surface area contributed by atoms with Crippen LogP contribution in [0.3, 0.4) is 0 Å². The number of aliphatic hydroxyl groups is 1. The quantitative estimate of drug-likeness (QED) is 0.196. The van der Waals surface area contributed by atoms with Crippen LogP contribution in [-0.2, 0) is 0 Å². The Hall–Kier alpha value is -0.990. The summed E-state index contributed by atoms with van der Waals surface area (Å²) in [6.07, 6.45) is 31.1. The summed E-state index contributed by atoms with van der Waals surface area (Å²) in [5.41, 5.74) is -0.223. The predicted molar refractivity (Wildman–Crippen MR) is 112 cm³/mol. The lowest BCUT2D eigenvalue weighted by molar-refractivity contribution is 0.284. The Labute approximate surface area is 154 Å². The van der Waals surface area contributed by atoms with E-state index in [0.29, 0.717) is 0 Å². The van der Waals surface area contributed by atoms with Crippen LogP contribution in [0.15, 0.2) is 60.8 Å². The fraction of sp³-hybridized carbons (Fsp3) is 0.545. The Balaban J connectivity index is 3.40. The average molecular weight is 349 g/mol. The first kappa shape index (κ1) is 23.0. The molecule has 0 aromatic rings. The van der Waals surface area contributed by atoms with Gasteiger partial charge in [0.25, 0.3) is 0 Å². The van der Waals surface area contributed by atoms with E-state index in [1.54, 1.807) is 11.8 Å². The van der Waals surface area contributed by atoms with E-state index in [0.717, 1.165) is 44.3 Å². The average Bonchev–Trinajstić information content (AvgIpc) is 2.56. The van der Waals surface area contributed by atoms with Crippen molar-refractivity contribution in [3.05, 3.63) is 60.8 Å². The number of hydrogen-bond donors (Lipinski definition) is 1. The van der Waals surface area contributed by atoms with Crippen LogP contribution in [0.25, 0.3) is 0 Å². The minimum Gasteiger partial charge on any atom is -0.383 e. The Morgan fingerprint density at radius 1 is 0.708 bits per heavy atom. The molecular formula is C22H36OS. The summed E-state index contributed by atoms with van der Waals surface area (Å²) >= 11 is 1.63. The molecule has 0 bridgehead atoms. The van der Waals surface area contributed by atoms with Gasteiger partial charge in [0.2, 0.25) is 0 Å². The van der Waals surface area contributed by atoms with E-state index in [4.69, 9.17) is 5.11 Å². The molecule has 0 spiro atoms. The molecule has 2 heteroatoms. The maximum atomic E-state index is 9.13. The fourth-order valence-electron chi connectivity index (χ4n) is 1.99. The number of hydrogen-bond acceptors (Lipinski definition) is 2. The van der Waals surface area contributed by atoms with E-state index in [2.05, 4.69) is 67.7 Å². The van der Waals surface area contributed by atoms with Gasteiger partial charge in [0.15, 0.2) is 0 Å². The predicted octanol–water partition coefficient (Wildman–Crippen LogP) is 6.98. The van der Waals surface area contributed by atoms with Gasteiger partial charge in [-0.1, -0.05) is 67.7 Å². The van der Waals surface area contributed by atoms with Crippen molar-refractivity contribution in [2.75, 3.05) is 5.75 Å². The van der Waals surface area contributed by atoms with E-state index in [1.165, 1.54) is 12.8 Å². The van der Waals surface area contributed by atoms with Gasteiger partial charge < -0.3 is 5.11 Å². The molecule has 1 unspecified atom stereocenters. The molecule has 0 saturated carbocycles. The van der Waals surface area contributed by atoms with E-state index in [9.17, 15) is 0 Å². The Morgan fingerprint density at radius 3 is 1.62 bits per heavy atom. The molecule has 0 heterocycles. The summed E-state index contributed by atoms with van der Waals surface area (Å²) in [4.78, 5) is 0. The van der Waals surface area contributed by atoms with Crippen LogP contribution in [0, 0.1) is 0 Å². The lowest BCUT2D eigenvalue weighted by Crippen LogP contribution is -1.93. The Morgan fingerprint density at radius 2 is 1.17 bits per heavy atom. The van der Waals surface area contributed by atoms with Crippen LogP contribution in [0.5, 0.6) is 0 Å². The molecule has 0 radical (unpaired) electrons. The highest BCUT2D eigenvalue weighted by molar-refractivity contribution is 7.99. The van der Waals surface area contributed by atoms with Crippen molar-refractivity contribution >= 4 is 11.8 Å². The number of aliphatic hydroxyl groups excluding tert-OH is 1. The number of allylic oxidation sites excluding steroid dienone is 10. The van der Waals surface area contributed by atoms with Crippen LogP contribution in [-0.4, -0.2) is 16.3 Å². The molecule has 136 valence electrons. The fourth-order valence-corrected chi connectivity index (χ4v) is 2.70. The van der Waals surface area contributed by atoms with Crippen molar-refractivity contribution in [1.29, 1.82) is 0 Å². The van der Waals surface area contributed by atoms with Crippen molar-refractivity contribution in [2.24, 2.45) is 0 Å². The maximum absolute atomic E-state index is 9.13. The largest absolute Gasteiger partial charge is 0.383 e. The number of unbranched alkanes of at least 4 members (excludes halogenated alkanes) is 2. The molecule has 0 aromatic heterocycles. The second kappa shape index (κ2) is 20.1. The summed E-state index contributed by atoms with van der Waals surface area (Å²) in [6, 6.07) is 0. The minimum atomic E-state index is -0.223. The van der Waals surface area contributed by atoms with Crippen LogP contribution in [0.1, 0.15) is 65.2 Å². The first-order valence-electron chi connectivity index (χ1n) is 9.32. The molecule has 0 rings (SSSR count). The van der Waals surface area contributed by atoms with Gasteiger partial charge in [-0.2, -0.15) is 0 Å². The molecular weight excluding hydrogens is 312 g/mol. The Kier molecular flexibility index (Phi) is 19.2. The maximum Gasteiger partial charge on any atom is 0.0964 e. The summed E-state index contributed by atoms with van der Waals surface area (Å²) < 4.78 is 0. The second-order valence-corrected chi connectivity index (χ2v) is 7.10. The normalized spacial score (nSPS) is 14.3. The molecule has 0 aliphatic rings. The summed E-state index contributed by atoms with van der Waals surface area (Å²) in [5, 5.41) is 9.13. The summed E-state index contributed by atoms with van der Waals surface area (Å²) in [5.74, 6) is 1.06. The topological polar surface area (TPSA) is 20.2 Å². The molecule has 1 N–H and O–H groups in total. The minimum absolute atomic E-state index is 0.223. The molecule has 1 nitrogen and oxygen atoms in total. The van der Waals surface area contributed by atoms with Gasteiger partial charge in [-0.15, -0.1) is 11.8 Å². The van der Waals surface area contributed by atoms with Gasteiger partial charge in [0.1, 0.15) is 0 Å². The van der Waals surface area contributed by atoms with Gasteiger partial charge in [0.05, 0.1) is 5.44 Å². The highest BCUT2D eigenvalue weighted by Crippen LogP contribution is 2.10. The first-order chi connectivity index (χ1) is 11.8. The van der Waals surface area contributed by atoms with Crippen LogP contribution in [0.4, 0.5) is 0 Å². The number of thioether (sulfide) groups is 1. The third-order valence-electron chi connectivity index (χ3n) is 3.28. The molecule has 1 atom stereocenters. The summed E-state index contributed by atoms with van der Waals surface area (Å²) in [6.45, 7) is 3.99.